The highest BCUT2D eigenvalue weighted by Crippen LogP contribution is 2.22. The van der Waals surface area contributed by atoms with Crippen molar-refractivity contribution in [2.75, 3.05) is 26.2 Å². The van der Waals surface area contributed by atoms with Crippen LogP contribution in [0.5, 0.6) is 5.75 Å². The standard InChI is InChI=1S/C15H24N2O/c1-13(11-16)5-4-8-17-9-10-18-15-7-3-2-6-14(15)12-17/h2-3,6-7,13H,4-5,8-12,16H2,1H3. The summed E-state index contributed by atoms with van der Waals surface area (Å²) < 4.78 is 5.77. The number of rotatable bonds is 5. The zero-order valence-corrected chi connectivity index (χ0v) is 11.3. The number of para-hydroxylation sites is 1. The van der Waals surface area contributed by atoms with Gasteiger partial charge in [0.15, 0.2) is 0 Å². The molecule has 1 aliphatic heterocycles. The molecule has 0 aliphatic carbocycles. The van der Waals surface area contributed by atoms with Crippen LogP contribution in [0, 0.1) is 5.92 Å². The van der Waals surface area contributed by atoms with Gasteiger partial charge >= 0.3 is 0 Å². The van der Waals surface area contributed by atoms with E-state index in [-0.39, 0.29) is 0 Å². The molecule has 0 amide bonds. The Morgan fingerprint density at radius 3 is 3.06 bits per heavy atom. The molecule has 0 saturated carbocycles. The first-order valence-corrected chi connectivity index (χ1v) is 6.92. The van der Waals surface area contributed by atoms with Crippen LogP contribution >= 0.6 is 0 Å². The van der Waals surface area contributed by atoms with E-state index >= 15 is 0 Å². The predicted octanol–water partition coefficient (Wildman–Crippen LogP) is 2.26. The average Bonchev–Trinajstić information content (AvgIpc) is 2.60. The summed E-state index contributed by atoms with van der Waals surface area (Å²) in [4.78, 5) is 2.48. The van der Waals surface area contributed by atoms with E-state index in [2.05, 4.69) is 30.0 Å². The smallest absolute Gasteiger partial charge is 0.123 e. The Morgan fingerprint density at radius 1 is 1.39 bits per heavy atom. The lowest BCUT2D eigenvalue weighted by Crippen LogP contribution is -2.27. The molecule has 18 heavy (non-hydrogen) atoms. The van der Waals surface area contributed by atoms with Crippen LogP contribution in [-0.4, -0.2) is 31.1 Å². The molecule has 1 atom stereocenters. The maximum atomic E-state index is 5.77. The molecule has 1 heterocycles. The van der Waals surface area contributed by atoms with Gasteiger partial charge in [-0.05, 0) is 37.9 Å². The number of nitrogens with zero attached hydrogens (tertiary/aromatic N) is 1. The summed E-state index contributed by atoms with van der Waals surface area (Å²) in [6, 6.07) is 8.35. The highest BCUT2D eigenvalue weighted by Gasteiger charge is 2.14. The minimum atomic E-state index is 0.639. The van der Waals surface area contributed by atoms with E-state index in [0.717, 1.165) is 38.5 Å². The first-order chi connectivity index (χ1) is 8.79. The third-order valence-corrected chi connectivity index (χ3v) is 3.61. The van der Waals surface area contributed by atoms with E-state index in [1.807, 2.05) is 6.07 Å². The molecule has 1 aromatic rings. The molecule has 0 spiro atoms. The molecule has 0 aromatic heterocycles. The highest BCUT2D eigenvalue weighted by molar-refractivity contribution is 5.33. The molecule has 0 fully saturated rings. The Bertz CT molecular complexity index is 367. The van der Waals surface area contributed by atoms with Crippen molar-refractivity contribution in [2.24, 2.45) is 11.7 Å². The Morgan fingerprint density at radius 2 is 2.22 bits per heavy atom. The zero-order chi connectivity index (χ0) is 12.8. The molecule has 0 radical (unpaired) electrons. The van der Waals surface area contributed by atoms with Crippen LogP contribution in [0.2, 0.25) is 0 Å². The van der Waals surface area contributed by atoms with E-state index < -0.39 is 0 Å². The van der Waals surface area contributed by atoms with Crippen molar-refractivity contribution in [2.45, 2.75) is 26.3 Å². The Hall–Kier alpha value is -1.06. The fourth-order valence-electron chi connectivity index (χ4n) is 2.35. The van der Waals surface area contributed by atoms with Crippen molar-refractivity contribution >= 4 is 0 Å². The summed E-state index contributed by atoms with van der Waals surface area (Å²) in [5.74, 6) is 1.69. The minimum Gasteiger partial charge on any atom is -0.492 e. The lowest BCUT2D eigenvalue weighted by Gasteiger charge is -2.20. The molecule has 3 heteroatoms. The van der Waals surface area contributed by atoms with Gasteiger partial charge in [-0.25, -0.2) is 0 Å². The van der Waals surface area contributed by atoms with Crippen molar-refractivity contribution in [1.29, 1.82) is 0 Å². The normalized spacial score (nSPS) is 17.7. The second kappa shape index (κ2) is 6.76. The molecule has 1 aliphatic rings. The largest absolute Gasteiger partial charge is 0.492 e. The van der Waals surface area contributed by atoms with Crippen molar-refractivity contribution in [3.05, 3.63) is 29.8 Å². The molecule has 1 unspecified atom stereocenters. The number of fused-ring (bicyclic) bond motifs is 1. The minimum absolute atomic E-state index is 0.639. The van der Waals surface area contributed by atoms with Gasteiger partial charge < -0.3 is 10.5 Å². The molecular formula is C15H24N2O. The van der Waals surface area contributed by atoms with Gasteiger partial charge in [0.1, 0.15) is 12.4 Å². The molecule has 2 rings (SSSR count). The molecule has 1 aromatic carbocycles. The molecule has 2 N–H and O–H groups in total. The van der Waals surface area contributed by atoms with Crippen molar-refractivity contribution in [3.8, 4) is 5.75 Å². The van der Waals surface area contributed by atoms with Gasteiger partial charge in [-0.2, -0.15) is 0 Å². The Kier molecular flexibility index (Phi) is 5.02. The number of hydrogen-bond donors (Lipinski definition) is 1. The summed E-state index contributed by atoms with van der Waals surface area (Å²) in [5, 5.41) is 0. The van der Waals surface area contributed by atoms with Gasteiger partial charge in [0.2, 0.25) is 0 Å². The maximum Gasteiger partial charge on any atom is 0.123 e. The van der Waals surface area contributed by atoms with Crippen LogP contribution in [0.3, 0.4) is 0 Å². The van der Waals surface area contributed by atoms with Crippen LogP contribution < -0.4 is 10.5 Å². The van der Waals surface area contributed by atoms with Crippen molar-refractivity contribution in [1.82, 2.24) is 4.90 Å². The summed E-state index contributed by atoms with van der Waals surface area (Å²) in [6.45, 7) is 6.98. The van der Waals surface area contributed by atoms with Crippen LogP contribution in [0.15, 0.2) is 24.3 Å². The first-order valence-electron chi connectivity index (χ1n) is 6.92. The van der Waals surface area contributed by atoms with Crippen LogP contribution in [-0.2, 0) is 6.54 Å². The zero-order valence-electron chi connectivity index (χ0n) is 11.3. The van der Waals surface area contributed by atoms with Crippen LogP contribution in [0.1, 0.15) is 25.3 Å². The summed E-state index contributed by atoms with van der Waals surface area (Å²) in [5.41, 5.74) is 6.95. The fourth-order valence-corrected chi connectivity index (χ4v) is 2.35. The van der Waals surface area contributed by atoms with Gasteiger partial charge in [0.25, 0.3) is 0 Å². The highest BCUT2D eigenvalue weighted by atomic mass is 16.5. The number of nitrogens with two attached hydrogens (primary N) is 1. The van der Waals surface area contributed by atoms with E-state index in [1.54, 1.807) is 0 Å². The monoisotopic (exact) mass is 248 g/mol. The third-order valence-electron chi connectivity index (χ3n) is 3.61. The van der Waals surface area contributed by atoms with Crippen LogP contribution in [0.4, 0.5) is 0 Å². The topological polar surface area (TPSA) is 38.5 Å². The van der Waals surface area contributed by atoms with Gasteiger partial charge in [0.05, 0.1) is 0 Å². The van der Waals surface area contributed by atoms with Gasteiger partial charge in [-0.15, -0.1) is 0 Å². The quantitative estimate of drug-likeness (QED) is 0.868. The molecule has 100 valence electrons. The number of ether oxygens (including phenoxy) is 1. The molecular weight excluding hydrogens is 224 g/mol. The molecule has 3 nitrogen and oxygen atoms in total. The first kappa shape index (κ1) is 13.4. The lowest BCUT2D eigenvalue weighted by molar-refractivity contribution is 0.220. The molecule has 0 saturated heterocycles. The Labute approximate surface area is 110 Å². The van der Waals surface area contributed by atoms with Gasteiger partial charge in [0, 0.05) is 18.7 Å². The van der Waals surface area contributed by atoms with E-state index in [4.69, 9.17) is 10.5 Å². The summed E-state index contributed by atoms with van der Waals surface area (Å²) in [6.07, 6.45) is 2.44. The number of benzene rings is 1. The van der Waals surface area contributed by atoms with E-state index in [9.17, 15) is 0 Å². The summed E-state index contributed by atoms with van der Waals surface area (Å²) >= 11 is 0. The van der Waals surface area contributed by atoms with Gasteiger partial charge in [-0.1, -0.05) is 25.1 Å². The van der Waals surface area contributed by atoms with E-state index in [1.165, 1.54) is 18.4 Å². The third kappa shape index (κ3) is 3.72. The SMILES string of the molecule is CC(CN)CCCN1CCOc2ccccc2C1. The number of hydrogen-bond acceptors (Lipinski definition) is 3. The fraction of sp³-hybridized carbons (Fsp3) is 0.600. The average molecular weight is 248 g/mol. The summed E-state index contributed by atoms with van der Waals surface area (Å²) in [7, 11) is 0. The van der Waals surface area contributed by atoms with Crippen LogP contribution in [0.25, 0.3) is 0 Å². The maximum absolute atomic E-state index is 5.77. The van der Waals surface area contributed by atoms with Gasteiger partial charge in [-0.3, -0.25) is 4.90 Å². The Balaban J connectivity index is 1.84. The predicted molar refractivity (Wildman–Crippen MR) is 74.7 cm³/mol. The van der Waals surface area contributed by atoms with Crippen molar-refractivity contribution < 1.29 is 4.74 Å². The molecule has 0 bridgehead atoms. The van der Waals surface area contributed by atoms with Crippen molar-refractivity contribution in [3.63, 3.8) is 0 Å². The second-order valence-corrected chi connectivity index (χ2v) is 5.22. The lowest BCUT2D eigenvalue weighted by atomic mass is 10.1. The van der Waals surface area contributed by atoms with E-state index in [0.29, 0.717) is 5.92 Å². The second-order valence-electron chi connectivity index (χ2n) is 5.22.